The normalized spacial score (nSPS) is 19.1. The van der Waals surface area contributed by atoms with Crippen LogP contribution in [-0.4, -0.2) is 39.3 Å². The Morgan fingerprint density at radius 1 is 1.41 bits per heavy atom. The number of likely N-dealkylation sites (tertiary alicyclic amines) is 1. The molecule has 92 valence electrons. The van der Waals surface area contributed by atoms with Gasteiger partial charge in [-0.1, -0.05) is 6.07 Å². The van der Waals surface area contributed by atoms with Crippen LogP contribution in [0, 0.1) is 0 Å². The quantitative estimate of drug-likeness (QED) is 0.776. The van der Waals surface area contributed by atoms with Gasteiger partial charge in [0.2, 0.25) is 0 Å². The summed E-state index contributed by atoms with van der Waals surface area (Å²) in [5.41, 5.74) is -0.424. The Hall–Kier alpha value is -1.14. The summed E-state index contributed by atoms with van der Waals surface area (Å²) in [6, 6.07) is 5.37. The van der Waals surface area contributed by atoms with Crippen LogP contribution in [0.3, 0.4) is 0 Å². The number of hydrogen-bond acceptors (Lipinski definition) is 3. The number of amides is 1. The lowest BCUT2D eigenvalue weighted by Crippen LogP contribution is -2.45. The maximum absolute atomic E-state index is 10.8. The van der Waals surface area contributed by atoms with Crippen LogP contribution < -0.4 is 0 Å². The lowest BCUT2D eigenvalue weighted by atomic mass is 9.88. The summed E-state index contributed by atoms with van der Waals surface area (Å²) in [6.45, 7) is 0.667. The first-order chi connectivity index (χ1) is 8.01. The Kier molecular flexibility index (Phi) is 3.35. The highest BCUT2D eigenvalue weighted by Gasteiger charge is 2.36. The number of nitrogens with zero attached hydrogens (tertiary/aromatic N) is 2. The first-order valence-corrected chi connectivity index (χ1v) is 6.14. The van der Waals surface area contributed by atoms with E-state index in [9.17, 15) is 9.90 Å². The summed E-state index contributed by atoms with van der Waals surface area (Å²) in [5, 5.41) is 19.3. The molecule has 0 radical (unpaired) electrons. The van der Waals surface area contributed by atoms with Gasteiger partial charge in [0.25, 0.3) is 0 Å². The molecule has 1 amide bonds. The number of pyridine rings is 1. The van der Waals surface area contributed by atoms with Gasteiger partial charge in [-0.2, -0.15) is 0 Å². The van der Waals surface area contributed by atoms with E-state index in [0.717, 1.165) is 0 Å². The molecule has 6 heteroatoms. The summed E-state index contributed by atoms with van der Waals surface area (Å²) in [7, 11) is 0. The molecule has 17 heavy (non-hydrogen) atoms. The van der Waals surface area contributed by atoms with E-state index in [1.165, 1.54) is 4.90 Å². The molecule has 1 aliphatic heterocycles. The monoisotopic (exact) mass is 300 g/mol. The highest BCUT2D eigenvalue weighted by molar-refractivity contribution is 9.10. The molecule has 0 saturated carbocycles. The zero-order valence-corrected chi connectivity index (χ0v) is 10.7. The van der Waals surface area contributed by atoms with E-state index in [4.69, 9.17) is 5.11 Å². The van der Waals surface area contributed by atoms with E-state index in [1.54, 1.807) is 12.1 Å². The fraction of sp³-hybridized carbons (Fsp3) is 0.455. The van der Waals surface area contributed by atoms with Crippen molar-refractivity contribution in [3.8, 4) is 0 Å². The number of hydrogen-bond donors (Lipinski definition) is 2. The SMILES string of the molecule is O=C(O)N1CCC(O)(c2cccc(Br)n2)CC1. The van der Waals surface area contributed by atoms with Crippen molar-refractivity contribution in [2.45, 2.75) is 18.4 Å². The molecule has 0 aliphatic carbocycles. The van der Waals surface area contributed by atoms with Crippen molar-refractivity contribution in [3.05, 3.63) is 28.5 Å². The van der Waals surface area contributed by atoms with E-state index in [-0.39, 0.29) is 0 Å². The third-order valence-corrected chi connectivity index (χ3v) is 3.49. The van der Waals surface area contributed by atoms with Gasteiger partial charge >= 0.3 is 6.09 Å². The van der Waals surface area contributed by atoms with Crippen molar-refractivity contribution in [1.29, 1.82) is 0 Å². The number of piperidine rings is 1. The molecule has 2 heterocycles. The molecule has 0 atom stereocenters. The van der Waals surface area contributed by atoms with Crippen molar-refractivity contribution in [2.24, 2.45) is 0 Å². The van der Waals surface area contributed by atoms with Crippen molar-refractivity contribution in [2.75, 3.05) is 13.1 Å². The average molecular weight is 301 g/mol. The molecule has 2 rings (SSSR count). The topological polar surface area (TPSA) is 73.7 Å². The largest absolute Gasteiger partial charge is 0.465 e. The van der Waals surface area contributed by atoms with Crippen LogP contribution in [-0.2, 0) is 5.60 Å². The van der Waals surface area contributed by atoms with Gasteiger partial charge in [-0.15, -0.1) is 0 Å². The van der Waals surface area contributed by atoms with Crippen molar-refractivity contribution < 1.29 is 15.0 Å². The first-order valence-electron chi connectivity index (χ1n) is 5.34. The van der Waals surface area contributed by atoms with Crippen LogP contribution in [0.4, 0.5) is 4.79 Å². The maximum atomic E-state index is 10.8. The third-order valence-electron chi connectivity index (χ3n) is 3.05. The van der Waals surface area contributed by atoms with Crippen LogP contribution in [0.15, 0.2) is 22.8 Å². The molecule has 1 saturated heterocycles. The molecule has 0 spiro atoms. The van der Waals surface area contributed by atoms with Crippen molar-refractivity contribution >= 4 is 22.0 Å². The van der Waals surface area contributed by atoms with Gasteiger partial charge in [-0.05, 0) is 40.9 Å². The molecule has 1 aliphatic rings. The molecule has 0 unspecified atom stereocenters. The van der Waals surface area contributed by atoms with E-state index in [1.807, 2.05) is 6.07 Å². The van der Waals surface area contributed by atoms with Crippen molar-refractivity contribution in [3.63, 3.8) is 0 Å². The third kappa shape index (κ3) is 2.58. The molecule has 0 aromatic carbocycles. The molecule has 1 fully saturated rings. The standard InChI is InChI=1S/C11H13BrN2O3/c12-9-3-1-2-8(13-9)11(17)4-6-14(7-5-11)10(15)16/h1-3,17H,4-7H2,(H,15,16). The molecule has 0 bridgehead atoms. The first kappa shape index (κ1) is 12.3. The maximum Gasteiger partial charge on any atom is 0.407 e. The van der Waals surface area contributed by atoms with Gasteiger partial charge in [0.05, 0.1) is 5.69 Å². The van der Waals surface area contributed by atoms with Gasteiger partial charge in [0.15, 0.2) is 0 Å². The Morgan fingerprint density at radius 2 is 2.06 bits per heavy atom. The minimum atomic E-state index is -1.02. The number of rotatable bonds is 1. The Labute approximate surface area is 107 Å². The van der Waals surface area contributed by atoms with Gasteiger partial charge in [0.1, 0.15) is 10.2 Å². The van der Waals surface area contributed by atoms with Crippen LogP contribution in [0.5, 0.6) is 0 Å². The van der Waals surface area contributed by atoms with Crippen LogP contribution in [0.25, 0.3) is 0 Å². The fourth-order valence-electron chi connectivity index (χ4n) is 1.99. The average Bonchev–Trinajstić information content (AvgIpc) is 2.29. The van der Waals surface area contributed by atoms with E-state index >= 15 is 0 Å². The zero-order valence-electron chi connectivity index (χ0n) is 9.14. The molecular formula is C11H13BrN2O3. The van der Waals surface area contributed by atoms with Crippen LogP contribution >= 0.6 is 15.9 Å². The smallest absolute Gasteiger partial charge is 0.407 e. The van der Waals surface area contributed by atoms with E-state index < -0.39 is 11.7 Å². The molecule has 2 N–H and O–H groups in total. The van der Waals surface area contributed by atoms with Gasteiger partial charge in [0, 0.05) is 13.1 Å². The summed E-state index contributed by atoms with van der Waals surface area (Å²) >= 11 is 3.26. The Bertz CT molecular complexity index is 430. The second-order valence-corrected chi connectivity index (χ2v) is 4.96. The molecule has 1 aromatic heterocycles. The van der Waals surface area contributed by atoms with Gasteiger partial charge in [-0.3, -0.25) is 0 Å². The second kappa shape index (κ2) is 4.62. The Balaban J connectivity index is 2.14. The summed E-state index contributed by atoms with van der Waals surface area (Å²) < 4.78 is 0.670. The number of carbonyl (C=O) groups is 1. The lowest BCUT2D eigenvalue weighted by molar-refractivity contribution is -0.0248. The van der Waals surface area contributed by atoms with Crippen LogP contribution in [0.2, 0.25) is 0 Å². The predicted octanol–water partition coefficient (Wildman–Crippen LogP) is 1.81. The fourth-order valence-corrected chi connectivity index (χ4v) is 2.34. The Morgan fingerprint density at radius 3 is 2.59 bits per heavy atom. The minimum Gasteiger partial charge on any atom is -0.465 e. The molecule has 1 aromatic rings. The second-order valence-electron chi connectivity index (χ2n) is 4.15. The van der Waals surface area contributed by atoms with Gasteiger partial charge in [-0.25, -0.2) is 9.78 Å². The summed E-state index contributed by atoms with van der Waals surface area (Å²) in [4.78, 5) is 16.3. The number of halogens is 1. The highest BCUT2D eigenvalue weighted by Crippen LogP contribution is 2.32. The molecule has 5 nitrogen and oxygen atoms in total. The lowest BCUT2D eigenvalue weighted by Gasteiger charge is -2.36. The van der Waals surface area contributed by atoms with Gasteiger partial charge < -0.3 is 15.1 Å². The van der Waals surface area contributed by atoms with Crippen molar-refractivity contribution in [1.82, 2.24) is 9.88 Å². The predicted molar refractivity (Wildman–Crippen MR) is 64.7 cm³/mol. The number of aromatic nitrogens is 1. The highest BCUT2D eigenvalue weighted by atomic mass is 79.9. The minimum absolute atomic E-state index is 0.333. The summed E-state index contributed by atoms with van der Waals surface area (Å²) in [6.07, 6.45) is -0.180. The number of carboxylic acid groups (broad SMARTS) is 1. The summed E-state index contributed by atoms with van der Waals surface area (Å²) in [5.74, 6) is 0. The van der Waals surface area contributed by atoms with E-state index in [2.05, 4.69) is 20.9 Å². The molecular weight excluding hydrogens is 288 g/mol. The van der Waals surface area contributed by atoms with Crippen LogP contribution in [0.1, 0.15) is 18.5 Å². The van der Waals surface area contributed by atoms with E-state index in [0.29, 0.717) is 36.2 Å². The number of aliphatic hydroxyl groups is 1. The zero-order chi connectivity index (χ0) is 12.5.